The van der Waals surface area contributed by atoms with E-state index >= 15 is 0 Å². The minimum absolute atomic E-state index is 0.310. The van der Waals surface area contributed by atoms with Crippen LogP contribution >= 0.6 is 11.3 Å². The molecule has 1 aromatic carbocycles. The van der Waals surface area contributed by atoms with E-state index in [0.29, 0.717) is 22.6 Å². The van der Waals surface area contributed by atoms with Crippen molar-refractivity contribution >= 4 is 32.9 Å². The molecular weight excluding hydrogens is 430 g/mol. The number of aliphatic hydroxyl groups excluding tert-OH is 1. The first kappa shape index (κ1) is 22.0. The van der Waals surface area contributed by atoms with Gasteiger partial charge in [0.25, 0.3) is 0 Å². The Bertz CT molecular complexity index is 1120. The summed E-state index contributed by atoms with van der Waals surface area (Å²) in [5.41, 5.74) is 4.16. The standard InChI is InChI=1S/C23H31N3O3S2/c1-15-19(26-12-20(27)25-31(26,28)29)13-30-21(15)16-7-6-8-17(9-16)24-18-10-22(2,3)14-23(4,5)11-18/h6-9,12-13,18,24-25,27H,10-11,14H2,1-5H3. The van der Waals surface area contributed by atoms with Crippen molar-refractivity contribution in [1.82, 2.24) is 4.72 Å². The van der Waals surface area contributed by atoms with Crippen molar-refractivity contribution in [2.24, 2.45) is 10.8 Å². The minimum Gasteiger partial charge on any atom is -0.493 e. The monoisotopic (exact) mass is 461 g/mol. The fraction of sp³-hybridized carbons (Fsp3) is 0.478. The van der Waals surface area contributed by atoms with Crippen LogP contribution in [-0.2, 0) is 10.2 Å². The van der Waals surface area contributed by atoms with Gasteiger partial charge in [-0.15, -0.1) is 11.3 Å². The molecule has 4 rings (SSSR count). The molecule has 3 N–H and O–H groups in total. The molecule has 6 nitrogen and oxygen atoms in total. The molecular formula is C23H31N3O3S2. The summed E-state index contributed by atoms with van der Waals surface area (Å²) in [6.07, 6.45) is 4.70. The molecule has 0 spiro atoms. The summed E-state index contributed by atoms with van der Waals surface area (Å²) < 4.78 is 27.7. The SMILES string of the molecule is Cc1c(N2C=C(O)NS2(=O)=O)csc1-c1cccc(NC2CC(C)(C)CC(C)(C)C2)c1. The largest absolute Gasteiger partial charge is 0.493 e. The maximum Gasteiger partial charge on any atom is 0.330 e. The molecule has 0 bridgehead atoms. The molecule has 0 radical (unpaired) electrons. The predicted molar refractivity (Wildman–Crippen MR) is 129 cm³/mol. The molecule has 0 unspecified atom stereocenters. The Morgan fingerprint density at radius 1 is 1.19 bits per heavy atom. The van der Waals surface area contributed by atoms with Crippen molar-refractivity contribution in [3.05, 3.63) is 47.3 Å². The maximum absolute atomic E-state index is 12.2. The van der Waals surface area contributed by atoms with E-state index in [4.69, 9.17) is 0 Å². The lowest BCUT2D eigenvalue weighted by molar-refractivity contribution is 0.105. The van der Waals surface area contributed by atoms with Crippen molar-refractivity contribution in [3.8, 4) is 10.4 Å². The lowest BCUT2D eigenvalue weighted by atomic mass is 9.63. The molecule has 1 saturated carbocycles. The second-order valence-electron chi connectivity index (χ2n) is 10.3. The summed E-state index contributed by atoms with van der Waals surface area (Å²) in [5.74, 6) is -0.378. The molecule has 1 aliphatic heterocycles. The highest BCUT2D eigenvalue weighted by Crippen LogP contribution is 2.46. The number of anilines is 2. The number of rotatable bonds is 4. The highest BCUT2D eigenvalue weighted by Gasteiger charge is 2.38. The normalized spacial score (nSPS) is 22.1. The van der Waals surface area contributed by atoms with Gasteiger partial charge in [0.2, 0.25) is 5.88 Å². The Morgan fingerprint density at radius 2 is 1.87 bits per heavy atom. The summed E-state index contributed by atoms with van der Waals surface area (Å²) in [6, 6.07) is 8.74. The van der Waals surface area contributed by atoms with Gasteiger partial charge in [-0.1, -0.05) is 39.8 Å². The van der Waals surface area contributed by atoms with E-state index in [9.17, 15) is 13.5 Å². The lowest BCUT2D eigenvalue weighted by Gasteiger charge is -2.45. The Hall–Kier alpha value is -2.19. The molecule has 2 aliphatic rings. The van der Waals surface area contributed by atoms with Crippen LogP contribution in [0.15, 0.2) is 41.7 Å². The van der Waals surface area contributed by atoms with Gasteiger partial charge in [0, 0.05) is 22.0 Å². The maximum atomic E-state index is 12.2. The summed E-state index contributed by atoms with van der Waals surface area (Å²) >= 11 is 1.50. The average molecular weight is 462 g/mol. The van der Waals surface area contributed by atoms with E-state index in [1.165, 1.54) is 24.0 Å². The predicted octanol–water partition coefficient (Wildman–Crippen LogP) is 5.75. The van der Waals surface area contributed by atoms with Gasteiger partial charge < -0.3 is 10.4 Å². The molecule has 0 amide bonds. The van der Waals surface area contributed by atoms with Crippen LogP contribution in [0.25, 0.3) is 10.4 Å². The number of benzene rings is 1. The Kier molecular flexibility index (Phi) is 5.29. The second-order valence-corrected chi connectivity index (χ2v) is 12.8. The number of nitrogens with zero attached hydrogens (tertiary/aromatic N) is 1. The second kappa shape index (κ2) is 7.45. The Labute approximate surface area is 189 Å². The van der Waals surface area contributed by atoms with Crippen LogP contribution in [0.4, 0.5) is 11.4 Å². The number of thiophene rings is 1. The van der Waals surface area contributed by atoms with E-state index in [0.717, 1.165) is 38.8 Å². The number of hydrogen-bond acceptors (Lipinski definition) is 5. The third-order valence-electron chi connectivity index (χ3n) is 6.03. The van der Waals surface area contributed by atoms with Crippen molar-refractivity contribution in [3.63, 3.8) is 0 Å². The first-order valence-corrected chi connectivity index (χ1v) is 12.9. The molecule has 31 heavy (non-hydrogen) atoms. The first-order chi connectivity index (χ1) is 14.4. The van der Waals surface area contributed by atoms with Gasteiger partial charge in [-0.05, 0) is 60.3 Å². The molecule has 168 valence electrons. The van der Waals surface area contributed by atoms with Gasteiger partial charge in [-0.2, -0.15) is 8.42 Å². The number of aliphatic hydroxyl groups is 1. The van der Waals surface area contributed by atoms with Crippen LogP contribution in [0.5, 0.6) is 0 Å². The molecule has 1 aliphatic carbocycles. The quantitative estimate of drug-likeness (QED) is 0.541. The summed E-state index contributed by atoms with van der Waals surface area (Å²) in [4.78, 5) is 1.01. The summed E-state index contributed by atoms with van der Waals surface area (Å²) in [6.45, 7) is 11.3. The van der Waals surface area contributed by atoms with Gasteiger partial charge in [0.15, 0.2) is 0 Å². The molecule has 0 atom stereocenters. The smallest absolute Gasteiger partial charge is 0.330 e. The fourth-order valence-corrected chi connectivity index (χ4v) is 7.66. The van der Waals surface area contributed by atoms with Gasteiger partial charge >= 0.3 is 10.2 Å². The molecule has 1 aromatic heterocycles. The van der Waals surface area contributed by atoms with E-state index in [2.05, 4.69) is 49.9 Å². The van der Waals surface area contributed by atoms with E-state index in [1.54, 1.807) is 0 Å². The Balaban J connectivity index is 1.59. The molecule has 1 fully saturated rings. The van der Waals surface area contributed by atoms with Gasteiger partial charge in [0.05, 0.1) is 11.9 Å². The fourth-order valence-electron chi connectivity index (χ4n) is 5.43. The molecule has 2 aromatic rings. The van der Waals surface area contributed by atoms with Gasteiger partial charge in [0.1, 0.15) is 0 Å². The minimum atomic E-state index is -3.80. The number of nitrogens with one attached hydrogen (secondary N) is 2. The zero-order valence-corrected chi connectivity index (χ0v) is 20.3. The molecule has 2 heterocycles. The molecule has 8 heteroatoms. The third kappa shape index (κ3) is 4.55. The Morgan fingerprint density at radius 3 is 2.48 bits per heavy atom. The van der Waals surface area contributed by atoms with Gasteiger partial charge in [-0.3, -0.25) is 0 Å². The van der Waals surface area contributed by atoms with E-state index in [-0.39, 0.29) is 5.88 Å². The average Bonchev–Trinajstić information content (AvgIpc) is 3.10. The van der Waals surface area contributed by atoms with Crippen LogP contribution in [0, 0.1) is 17.8 Å². The van der Waals surface area contributed by atoms with Crippen molar-refractivity contribution in [2.45, 2.75) is 59.9 Å². The van der Waals surface area contributed by atoms with Crippen LogP contribution in [0.3, 0.4) is 0 Å². The van der Waals surface area contributed by atoms with Crippen LogP contribution in [0.1, 0.15) is 52.5 Å². The van der Waals surface area contributed by atoms with Crippen molar-refractivity contribution in [2.75, 3.05) is 9.62 Å². The van der Waals surface area contributed by atoms with E-state index in [1.807, 2.05) is 24.4 Å². The zero-order chi connectivity index (χ0) is 22.6. The summed E-state index contributed by atoms with van der Waals surface area (Å²) in [7, 11) is -3.80. The zero-order valence-electron chi connectivity index (χ0n) is 18.7. The van der Waals surface area contributed by atoms with Crippen LogP contribution in [-0.4, -0.2) is 19.6 Å². The number of hydrogen-bond donors (Lipinski definition) is 3. The third-order valence-corrected chi connectivity index (χ3v) is 8.44. The van der Waals surface area contributed by atoms with Crippen molar-refractivity contribution < 1.29 is 13.5 Å². The van der Waals surface area contributed by atoms with Crippen LogP contribution < -0.4 is 14.3 Å². The first-order valence-electron chi connectivity index (χ1n) is 10.5. The van der Waals surface area contributed by atoms with Gasteiger partial charge in [-0.25, -0.2) is 9.03 Å². The molecule has 0 saturated heterocycles. The van der Waals surface area contributed by atoms with Crippen LogP contribution in [0.2, 0.25) is 0 Å². The van der Waals surface area contributed by atoms with Crippen molar-refractivity contribution in [1.29, 1.82) is 0 Å². The summed E-state index contributed by atoms with van der Waals surface area (Å²) in [5, 5.41) is 15.2. The topological polar surface area (TPSA) is 81.7 Å². The highest BCUT2D eigenvalue weighted by molar-refractivity contribution is 7.91. The lowest BCUT2D eigenvalue weighted by Crippen LogP contribution is -2.40. The van der Waals surface area contributed by atoms with E-state index < -0.39 is 10.2 Å². The highest BCUT2D eigenvalue weighted by atomic mass is 32.2.